The number of hydrogen-bond donors (Lipinski definition) is 1. The molecule has 1 aliphatic heterocycles. The fourth-order valence-electron chi connectivity index (χ4n) is 4.45. The van der Waals surface area contributed by atoms with E-state index in [1.165, 1.54) is 35.1 Å². The van der Waals surface area contributed by atoms with Crippen LogP contribution in [0.25, 0.3) is 0 Å². The van der Waals surface area contributed by atoms with Crippen LogP contribution in [-0.4, -0.2) is 18.9 Å². The van der Waals surface area contributed by atoms with Gasteiger partial charge in [-0.05, 0) is 67.4 Å². The first-order valence-corrected chi connectivity index (χ1v) is 9.62. The highest BCUT2D eigenvalue weighted by atomic mass is 16.5. The van der Waals surface area contributed by atoms with Crippen molar-refractivity contribution in [1.29, 1.82) is 0 Å². The molecule has 4 rings (SSSR count). The van der Waals surface area contributed by atoms with Crippen LogP contribution in [0.5, 0.6) is 0 Å². The zero-order valence-corrected chi connectivity index (χ0v) is 15.9. The van der Waals surface area contributed by atoms with Crippen molar-refractivity contribution in [1.82, 2.24) is 5.32 Å². The van der Waals surface area contributed by atoms with E-state index in [0.29, 0.717) is 0 Å². The number of rotatable bonds is 3. The molecule has 1 heterocycles. The van der Waals surface area contributed by atoms with E-state index in [9.17, 15) is 9.59 Å². The van der Waals surface area contributed by atoms with Gasteiger partial charge in [0.25, 0.3) is 0 Å². The van der Waals surface area contributed by atoms with Crippen molar-refractivity contribution in [2.45, 2.75) is 39.0 Å². The molecule has 0 amide bonds. The van der Waals surface area contributed by atoms with E-state index >= 15 is 0 Å². The maximum absolute atomic E-state index is 12.7. The number of carbonyl (C=O) groups is 2. The summed E-state index contributed by atoms with van der Waals surface area (Å²) in [5.41, 5.74) is 7.15. The van der Waals surface area contributed by atoms with Crippen LogP contribution in [0.4, 0.5) is 0 Å². The van der Waals surface area contributed by atoms with Gasteiger partial charge in [0.1, 0.15) is 0 Å². The molecule has 0 saturated carbocycles. The molecule has 1 aromatic rings. The summed E-state index contributed by atoms with van der Waals surface area (Å²) in [6, 6.07) is 8.26. The Morgan fingerprint density at radius 2 is 2.07 bits per heavy atom. The van der Waals surface area contributed by atoms with Gasteiger partial charge in [-0.2, -0.15) is 0 Å². The molecule has 4 nitrogen and oxygen atoms in total. The van der Waals surface area contributed by atoms with Crippen LogP contribution in [0.3, 0.4) is 0 Å². The first-order chi connectivity index (χ1) is 13.1. The Bertz CT molecular complexity index is 891. The van der Waals surface area contributed by atoms with E-state index in [2.05, 4.69) is 24.4 Å². The molecule has 4 heteroatoms. The van der Waals surface area contributed by atoms with Gasteiger partial charge in [0.2, 0.25) is 0 Å². The number of ketones is 1. The highest BCUT2D eigenvalue weighted by Gasteiger charge is 2.35. The molecular formula is C23H25NO3. The van der Waals surface area contributed by atoms with Crippen LogP contribution in [0.2, 0.25) is 0 Å². The number of ether oxygens (including phenoxy) is 1. The van der Waals surface area contributed by atoms with Crippen LogP contribution >= 0.6 is 0 Å². The second-order valence-corrected chi connectivity index (χ2v) is 7.70. The summed E-state index contributed by atoms with van der Waals surface area (Å²) in [5.74, 6) is -0.155. The second-order valence-electron chi connectivity index (χ2n) is 7.70. The molecule has 3 aliphatic rings. The number of nitrogens with one attached hydrogen (secondary N) is 1. The van der Waals surface area contributed by atoms with E-state index < -0.39 is 0 Å². The standard InChI is InChI=1S/C23H25NO3/c1-14-5-3-4-6-15(14)13-19-21(25)10-8-16-11-18-12-17(23(26)27-2)7-9-20(18)24-22(16)19/h3-6,8,10,17,19,24H,7,9,11-13H2,1-2H3. The third-order valence-electron chi connectivity index (χ3n) is 6.06. The number of allylic oxidation sites excluding steroid dienone is 6. The smallest absolute Gasteiger partial charge is 0.308 e. The van der Waals surface area contributed by atoms with Crippen molar-refractivity contribution in [2.75, 3.05) is 7.11 Å². The van der Waals surface area contributed by atoms with E-state index in [1.54, 1.807) is 6.08 Å². The summed E-state index contributed by atoms with van der Waals surface area (Å²) in [6.07, 6.45) is 7.58. The zero-order chi connectivity index (χ0) is 19.0. The largest absolute Gasteiger partial charge is 0.469 e. The quantitative estimate of drug-likeness (QED) is 0.831. The Hall–Kier alpha value is -2.62. The normalized spacial score (nSPS) is 24.3. The Labute approximate surface area is 160 Å². The summed E-state index contributed by atoms with van der Waals surface area (Å²) < 4.78 is 4.93. The Morgan fingerprint density at radius 3 is 2.85 bits per heavy atom. The van der Waals surface area contributed by atoms with Crippen molar-refractivity contribution in [3.63, 3.8) is 0 Å². The van der Waals surface area contributed by atoms with E-state index in [-0.39, 0.29) is 23.6 Å². The number of dihydropyridines is 1. The van der Waals surface area contributed by atoms with Gasteiger partial charge in [-0.1, -0.05) is 30.3 Å². The molecule has 2 aliphatic carbocycles. The molecule has 27 heavy (non-hydrogen) atoms. The van der Waals surface area contributed by atoms with Crippen LogP contribution in [-0.2, 0) is 20.7 Å². The third-order valence-corrected chi connectivity index (χ3v) is 6.06. The van der Waals surface area contributed by atoms with Gasteiger partial charge in [0.05, 0.1) is 18.9 Å². The molecular weight excluding hydrogens is 338 g/mol. The SMILES string of the molecule is COC(=O)C1CCC2=C(CC3=C(N2)C(Cc2ccccc2C)C(=O)C=C3)C1. The number of aryl methyl sites for hydroxylation is 1. The molecule has 2 unspecified atom stereocenters. The molecule has 0 saturated heterocycles. The Kier molecular flexibility index (Phi) is 4.73. The summed E-state index contributed by atoms with van der Waals surface area (Å²) in [6.45, 7) is 2.09. The van der Waals surface area contributed by atoms with Crippen molar-refractivity contribution in [2.24, 2.45) is 11.8 Å². The molecule has 1 N–H and O–H groups in total. The number of hydrogen-bond acceptors (Lipinski definition) is 4. The fourth-order valence-corrected chi connectivity index (χ4v) is 4.45. The van der Waals surface area contributed by atoms with Gasteiger partial charge in [-0.3, -0.25) is 9.59 Å². The maximum atomic E-state index is 12.7. The molecule has 0 radical (unpaired) electrons. The zero-order valence-electron chi connectivity index (χ0n) is 15.9. The molecule has 1 aromatic carbocycles. The highest BCUT2D eigenvalue weighted by Crippen LogP contribution is 2.40. The number of benzene rings is 1. The number of carbonyl (C=O) groups excluding carboxylic acids is 2. The molecule has 0 bridgehead atoms. The maximum Gasteiger partial charge on any atom is 0.308 e. The lowest BCUT2D eigenvalue weighted by atomic mass is 9.77. The topological polar surface area (TPSA) is 55.4 Å². The number of methoxy groups -OCH3 is 1. The van der Waals surface area contributed by atoms with Gasteiger partial charge in [0.15, 0.2) is 5.78 Å². The van der Waals surface area contributed by atoms with Crippen molar-refractivity contribution >= 4 is 11.8 Å². The van der Waals surface area contributed by atoms with Crippen LogP contribution in [0.1, 0.15) is 36.8 Å². The second kappa shape index (κ2) is 7.18. The molecule has 0 aromatic heterocycles. The predicted octanol–water partition coefficient (Wildman–Crippen LogP) is 3.77. The lowest BCUT2D eigenvalue weighted by Gasteiger charge is -2.36. The minimum atomic E-state index is -0.154. The Balaban J connectivity index is 1.57. The van der Waals surface area contributed by atoms with E-state index in [0.717, 1.165) is 37.8 Å². The summed E-state index contributed by atoms with van der Waals surface area (Å²) in [5, 5.41) is 3.59. The van der Waals surface area contributed by atoms with Crippen molar-refractivity contribution in [3.05, 3.63) is 70.1 Å². The van der Waals surface area contributed by atoms with E-state index in [1.807, 2.05) is 18.2 Å². The Morgan fingerprint density at radius 1 is 1.26 bits per heavy atom. The molecule has 2 atom stereocenters. The van der Waals surface area contributed by atoms with Gasteiger partial charge in [-0.25, -0.2) is 0 Å². The lowest BCUT2D eigenvalue weighted by Crippen LogP contribution is -2.35. The monoisotopic (exact) mass is 363 g/mol. The summed E-state index contributed by atoms with van der Waals surface area (Å²) in [4.78, 5) is 24.6. The summed E-state index contributed by atoms with van der Waals surface area (Å²) in [7, 11) is 1.46. The number of esters is 1. The molecule has 140 valence electrons. The van der Waals surface area contributed by atoms with E-state index in [4.69, 9.17) is 4.74 Å². The summed E-state index contributed by atoms with van der Waals surface area (Å²) >= 11 is 0. The minimum absolute atomic E-state index is 0.0466. The third kappa shape index (κ3) is 3.36. The van der Waals surface area contributed by atoms with Gasteiger partial charge in [-0.15, -0.1) is 0 Å². The minimum Gasteiger partial charge on any atom is -0.469 e. The van der Waals surface area contributed by atoms with Crippen molar-refractivity contribution in [3.8, 4) is 0 Å². The van der Waals surface area contributed by atoms with Crippen LogP contribution < -0.4 is 5.32 Å². The average Bonchev–Trinajstić information content (AvgIpc) is 2.69. The van der Waals surface area contributed by atoms with Gasteiger partial charge >= 0.3 is 5.97 Å². The first-order valence-electron chi connectivity index (χ1n) is 9.62. The van der Waals surface area contributed by atoms with Crippen LogP contribution in [0.15, 0.2) is 59.0 Å². The first kappa shape index (κ1) is 17.8. The lowest BCUT2D eigenvalue weighted by molar-refractivity contribution is -0.145. The predicted molar refractivity (Wildman–Crippen MR) is 104 cm³/mol. The molecule has 0 spiro atoms. The highest BCUT2D eigenvalue weighted by molar-refractivity contribution is 5.96. The van der Waals surface area contributed by atoms with Crippen LogP contribution in [0, 0.1) is 18.8 Å². The van der Waals surface area contributed by atoms with Gasteiger partial charge < -0.3 is 10.1 Å². The fraction of sp³-hybridized carbons (Fsp3) is 0.391. The average molecular weight is 363 g/mol. The van der Waals surface area contributed by atoms with Crippen molar-refractivity contribution < 1.29 is 14.3 Å². The molecule has 0 fully saturated rings. The van der Waals surface area contributed by atoms with Gasteiger partial charge in [0, 0.05) is 11.4 Å².